The van der Waals surface area contributed by atoms with Crippen molar-refractivity contribution in [3.05, 3.63) is 66.4 Å². The van der Waals surface area contributed by atoms with E-state index >= 15 is 0 Å². The van der Waals surface area contributed by atoms with Gasteiger partial charge < -0.3 is 10.2 Å². The van der Waals surface area contributed by atoms with Gasteiger partial charge in [0.05, 0.1) is 11.9 Å². The fourth-order valence-corrected chi connectivity index (χ4v) is 2.84. The van der Waals surface area contributed by atoms with Crippen LogP contribution in [-0.4, -0.2) is 25.9 Å². The summed E-state index contributed by atoms with van der Waals surface area (Å²) in [5.41, 5.74) is 8.87. The lowest BCUT2D eigenvalue weighted by atomic mass is 10.00. The number of ketones is 1. The van der Waals surface area contributed by atoms with Gasteiger partial charge in [-0.3, -0.25) is 4.79 Å². The van der Waals surface area contributed by atoms with Crippen LogP contribution in [0.4, 0.5) is 5.82 Å². The van der Waals surface area contributed by atoms with Crippen LogP contribution in [0.25, 0.3) is 34.3 Å². The first-order valence-electron chi connectivity index (χ1n) is 8.81. The number of anilines is 1. The predicted molar refractivity (Wildman–Crippen MR) is 105 cm³/mol. The van der Waals surface area contributed by atoms with Crippen LogP contribution < -0.4 is 5.73 Å². The Labute approximate surface area is 161 Å². The molecule has 0 radical (unpaired) electrons. The van der Waals surface area contributed by atoms with Crippen molar-refractivity contribution in [2.45, 2.75) is 13.3 Å². The van der Waals surface area contributed by atoms with Crippen LogP contribution in [0.15, 0.2) is 65.2 Å². The first-order valence-corrected chi connectivity index (χ1v) is 8.81. The van der Waals surface area contributed by atoms with Gasteiger partial charge in [-0.1, -0.05) is 49.4 Å². The van der Waals surface area contributed by atoms with E-state index in [1.165, 1.54) is 6.20 Å². The number of carbonyl (C=O) groups excluding carboxylic acids is 1. The molecule has 28 heavy (non-hydrogen) atoms. The number of benzene rings is 2. The molecule has 0 unspecified atom stereocenters. The van der Waals surface area contributed by atoms with Crippen molar-refractivity contribution < 1.29 is 9.21 Å². The summed E-state index contributed by atoms with van der Waals surface area (Å²) in [4.78, 5) is 21.1. The van der Waals surface area contributed by atoms with E-state index in [-0.39, 0.29) is 23.2 Å². The van der Waals surface area contributed by atoms with Crippen LogP contribution in [0.1, 0.15) is 23.7 Å². The Morgan fingerprint density at radius 1 is 1.00 bits per heavy atom. The number of rotatable bonds is 5. The molecule has 0 fully saturated rings. The maximum atomic E-state index is 12.3. The summed E-state index contributed by atoms with van der Waals surface area (Å²) < 4.78 is 5.75. The van der Waals surface area contributed by atoms with E-state index in [2.05, 4.69) is 20.2 Å². The smallest absolute Gasteiger partial charge is 0.270 e. The molecule has 0 aliphatic heterocycles. The quantitative estimate of drug-likeness (QED) is 0.527. The van der Waals surface area contributed by atoms with Crippen LogP contribution in [-0.2, 0) is 0 Å². The lowest BCUT2D eigenvalue weighted by Gasteiger charge is -2.08. The van der Waals surface area contributed by atoms with Crippen LogP contribution >= 0.6 is 0 Å². The van der Waals surface area contributed by atoms with Gasteiger partial charge in [0, 0.05) is 23.1 Å². The minimum absolute atomic E-state index is 0.0277. The summed E-state index contributed by atoms with van der Waals surface area (Å²) in [6, 6.07) is 16.7. The van der Waals surface area contributed by atoms with E-state index in [0.29, 0.717) is 29.1 Å². The Bertz CT molecular complexity index is 1140. The fraction of sp³-hybridized carbons (Fsp3) is 0.0952. The standard InChI is InChI=1S/C21H17N5O2/c1-2-17(27)15-11-7-6-10-14(15)16-12-23-19(22)18(24-16)21-26-25-20(28-21)13-8-4-3-5-9-13/h3-12H,2H2,1H3,(H2,22,23). The van der Waals surface area contributed by atoms with Gasteiger partial charge in [-0.25, -0.2) is 9.97 Å². The van der Waals surface area contributed by atoms with Crippen LogP contribution in [0.3, 0.4) is 0 Å². The molecule has 2 aromatic heterocycles. The number of nitrogen functional groups attached to an aromatic ring is 1. The molecular weight excluding hydrogens is 354 g/mol. The number of hydrogen-bond donors (Lipinski definition) is 1. The topological polar surface area (TPSA) is 108 Å². The molecule has 0 atom stereocenters. The second-order valence-corrected chi connectivity index (χ2v) is 6.09. The van der Waals surface area contributed by atoms with Crippen molar-refractivity contribution in [1.82, 2.24) is 20.2 Å². The van der Waals surface area contributed by atoms with E-state index < -0.39 is 0 Å². The summed E-state index contributed by atoms with van der Waals surface area (Å²) >= 11 is 0. The summed E-state index contributed by atoms with van der Waals surface area (Å²) in [5.74, 6) is 0.736. The molecule has 7 heteroatoms. The van der Waals surface area contributed by atoms with Gasteiger partial charge in [0.15, 0.2) is 17.3 Å². The molecular formula is C21H17N5O2. The molecule has 0 spiro atoms. The molecule has 2 N–H and O–H groups in total. The highest BCUT2D eigenvalue weighted by Gasteiger charge is 2.18. The summed E-state index contributed by atoms with van der Waals surface area (Å²) in [6.45, 7) is 1.82. The van der Waals surface area contributed by atoms with E-state index in [0.717, 1.165) is 5.56 Å². The van der Waals surface area contributed by atoms with Crippen molar-refractivity contribution in [3.63, 3.8) is 0 Å². The highest BCUT2D eigenvalue weighted by molar-refractivity contribution is 6.01. The van der Waals surface area contributed by atoms with Crippen molar-refractivity contribution in [1.29, 1.82) is 0 Å². The van der Waals surface area contributed by atoms with Gasteiger partial charge in [-0.2, -0.15) is 0 Å². The van der Waals surface area contributed by atoms with Crippen LogP contribution in [0, 0.1) is 0 Å². The second kappa shape index (κ2) is 7.40. The van der Waals surface area contributed by atoms with Gasteiger partial charge in [0.25, 0.3) is 5.89 Å². The zero-order valence-corrected chi connectivity index (χ0v) is 15.2. The summed E-state index contributed by atoms with van der Waals surface area (Å²) in [7, 11) is 0. The molecule has 2 aromatic carbocycles. The normalized spacial score (nSPS) is 10.8. The Kier molecular flexibility index (Phi) is 4.63. The van der Waals surface area contributed by atoms with Crippen molar-refractivity contribution >= 4 is 11.6 Å². The van der Waals surface area contributed by atoms with Gasteiger partial charge in [-0.05, 0) is 12.1 Å². The zero-order valence-electron chi connectivity index (χ0n) is 15.2. The van der Waals surface area contributed by atoms with E-state index in [1.807, 2.05) is 55.5 Å². The predicted octanol–water partition coefficient (Wildman–Crippen LogP) is 4.04. The monoisotopic (exact) mass is 371 g/mol. The first-order chi connectivity index (χ1) is 13.7. The maximum Gasteiger partial charge on any atom is 0.270 e. The van der Waals surface area contributed by atoms with Gasteiger partial charge in [0.1, 0.15) is 0 Å². The fourth-order valence-electron chi connectivity index (χ4n) is 2.84. The lowest BCUT2D eigenvalue weighted by Crippen LogP contribution is -2.03. The highest BCUT2D eigenvalue weighted by atomic mass is 16.4. The molecule has 4 rings (SSSR count). The number of nitrogens with two attached hydrogens (primary N) is 1. The molecule has 0 saturated carbocycles. The van der Waals surface area contributed by atoms with Crippen LogP contribution in [0.5, 0.6) is 0 Å². The Morgan fingerprint density at radius 2 is 1.71 bits per heavy atom. The molecule has 138 valence electrons. The Morgan fingerprint density at radius 3 is 2.50 bits per heavy atom. The highest BCUT2D eigenvalue weighted by Crippen LogP contribution is 2.29. The molecule has 2 heterocycles. The molecule has 0 aliphatic carbocycles. The van der Waals surface area contributed by atoms with Crippen LogP contribution in [0.2, 0.25) is 0 Å². The molecule has 0 saturated heterocycles. The van der Waals surface area contributed by atoms with E-state index in [4.69, 9.17) is 10.2 Å². The third-order valence-electron chi connectivity index (χ3n) is 4.27. The third-order valence-corrected chi connectivity index (χ3v) is 4.27. The minimum atomic E-state index is 0.0277. The molecule has 4 aromatic rings. The summed E-state index contributed by atoms with van der Waals surface area (Å²) in [5, 5.41) is 8.14. The van der Waals surface area contributed by atoms with Gasteiger partial charge in [0.2, 0.25) is 5.89 Å². The number of nitrogens with zero attached hydrogens (tertiary/aromatic N) is 4. The lowest BCUT2D eigenvalue weighted by molar-refractivity contribution is 0.0988. The van der Waals surface area contributed by atoms with Gasteiger partial charge >= 0.3 is 0 Å². The number of aromatic nitrogens is 4. The molecule has 0 amide bonds. The Hall–Kier alpha value is -3.87. The van der Waals surface area contributed by atoms with Crippen molar-refractivity contribution in [2.24, 2.45) is 0 Å². The first kappa shape index (κ1) is 17.5. The Balaban J connectivity index is 1.78. The number of carbonyl (C=O) groups is 1. The third kappa shape index (κ3) is 3.25. The van der Waals surface area contributed by atoms with Crippen molar-refractivity contribution in [3.8, 4) is 34.3 Å². The molecule has 0 bridgehead atoms. The average molecular weight is 371 g/mol. The van der Waals surface area contributed by atoms with Gasteiger partial charge in [-0.15, -0.1) is 10.2 Å². The SMILES string of the molecule is CCC(=O)c1ccccc1-c1cnc(N)c(-c2nnc(-c3ccccc3)o2)n1. The van der Waals surface area contributed by atoms with E-state index in [1.54, 1.807) is 6.07 Å². The zero-order chi connectivity index (χ0) is 19.5. The van der Waals surface area contributed by atoms with E-state index in [9.17, 15) is 4.79 Å². The van der Waals surface area contributed by atoms with Crippen molar-refractivity contribution in [2.75, 3.05) is 5.73 Å². The second-order valence-electron chi connectivity index (χ2n) is 6.09. The maximum absolute atomic E-state index is 12.3. The molecule has 0 aliphatic rings. The minimum Gasteiger partial charge on any atom is -0.414 e. The summed E-state index contributed by atoms with van der Waals surface area (Å²) in [6.07, 6.45) is 1.94. The molecule has 7 nitrogen and oxygen atoms in total. The number of Topliss-reactive ketones (excluding diaryl/α,β-unsaturated/α-hetero) is 1. The largest absolute Gasteiger partial charge is 0.414 e. The average Bonchev–Trinajstić information content (AvgIpc) is 3.24. The number of hydrogen-bond acceptors (Lipinski definition) is 7.